The molecule has 3 aliphatic rings. The Morgan fingerprint density at radius 1 is 1.03 bits per heavy atom. The molecule has 1 saturated heterocycles. The van der Waals surface area contributed by atoms with Crippen LogP contribution in [0.15, 0.2) is 48.5 Å². The van der Waals surface area contributed by atoms with Crippen LogP contribution < -0.4 is 5.32 Å². The topological polar surface area (TPSA) is 122 Å². The summed E-state index contributed by atoms with van der Waals surface area (Å²) in [6.07, 6.45) is -0.913. The second kappa shape index (κ2) is 9.33. The fraction of sp³-hybridized carbons (Fsp3) is 0.444. The Morgan fingerprint density at radius 2 is 1.67 bits per heavy atom. The van der Waals surface area contributed by atoms with E-state index in [1.165, 1.54) is 12.1 Å². The molecule has 2 aromatic carbocycles. The van der Waals surface area contributed by atoms with E-state index in [4.69, 9.17) is 4.74 Å². The summed E-state index contributed by atoms with van der Waals surface area (Å²) in [5, 5.41) is 42.7. The van der Waals surface area contributed by atoms with E-state index >= 15 is 0 Å². The van der Waals surface area contributed by atoms with Gasteiger partial charge in [-0.05, 0) is 60.4 Å². The maximum absolute atomic E-state index is 13.9. The number of hydrogen-bond donors (Lipinski definition) is 5. The molecule has 0 radical (unpaired) electrons. The van der Waals surface area contributed by atoms with E-state index in [1.807, 2.05) is 44.2 Å². The highest BCUT2D eigenvalue weighted by molar-refractivity contribution is 6.03. The number of nitrogens with one attached hydrogen (secondary N) is 1. The molecule has 5 rings (SSSR count). The Labute approximate surface area is 208 Å². The molecule has 0 bridgehead atoms. The number of halogens is 1. The second-order valence-corrected chi connectivity index (χ2v) is 10.2. The molecule has 36 heavy (non-hydrogen) atoms. The van der Waals surface area contributed by atoms with E-state index in [0.717, 1.165) is 16.7 Å². The van der Waals surface area contributed by atoms with Crippen molar-refractivity contribution in [1.82, 2.24) is 4.90 Å². The number of rotatable bonds is 6. The number of benzene rings is 2. The molecule has 8 nitrogen and oxygen atoms in total. The van der Waals surface area contributed by atoms with Crippen LogP contribution in [0.1, 0.15) is 36.5 Å². The van der Waals surface area contributed by atoms with Crippen molar-refractivity contribution in [3.63, 3.8) is 0 Å². The van der Waals surface area contributed by atoms with Crippen molar-refractivity contribution in [3.05, 3.63) is 71.0 Å². The molecule has 0 aromatic heterocycles. The maximum Gasteiger partial charge on any atom is 0.234 e. The molecule has 3 aliphatic heterocycles. The summed E-state index contributed by atoms with van der Waals surface area (Å²) in [5.74, 6) is -1.28. The first-order chi connectivity index (χ1) is 17.1. The number of nitrogens with zero attached hydrogens (tertiary/aromatic N) is 1. The Hall–Kier alpha value is -2.66. The van der Waals surface area contributed by atoms with E-state index in [-0.39, 0.29) is 19.1 Å². The zero-order chi connectivity index (χ0) is 25.8. The minimum absolute atomic E-state index is 0.226. The van der Waals surface area contributed by atoms with E-state index < -0.39 is 47.7 Å². The summed E-state index contributed by atoms with van der Waals surface area (Å²) in [4.78, 5) is 14.4. The SMILES string of the molecule is CC1(C)OC(C2C(=O)Nc3ccc(F)cc32)C=C1c1ccc(CN2[C@H](CO)[C@@H](O)[C@H](O)[C@@H]2CO)cc1. The first-order valence-electron chi connectivity index (χ1n) is 12.1. The lowest BCUT2D eigenvalue weighted by Crippen LogP contribution is -2.42. The fourth-order valence-corrected chi connectivity index (χ4v) is 5.75. The summed E-state index contributed by atoms with van der Waals surface area (Å²) in [7, 11) is 0. The van der Waals surface area contributed by atoms with Gasteiger partial charge in [-0.3, -0.25) is 9.69 Å². The van der Waals surface area contributed by atoms with Gasteiger partial charge in [0.15, 0.2) is 0 Å². The number of amides is 1. The smallest absolute Gasteiger partial charge is 0.234 e. The lowest BCUT2D eigenvalue weighted by Gasteiger charge is -2.29. The standard InChI is InChI=1S/C27H31FN2O6/c1-27(2)18(10-22(36-27)23-17-9-16(28)7-8-19(17)29-26(23)35)15-5-3-14(4-6-15)11-30-20(12-31)24(33)25(34)21(30)13-32/h3-10,20-25,31-34H,11-13H2,1-2H3,(H,29,35)/t20-,21+,22?,23?,24-,25-/m1/s1. The average Bonchev–Trinajstić information content (AvgIpc) is 3.41. The van der Waals surface area contributed by atoms with Gasteiger partial charge in [0.05, 0.1) is 55.1 Å². The zero-order valence-corrected chi connectivity index (χ0v) is 20.1. The number of carbonyl (C=O) groups is 1. The van der Waals surface area contributed by atoms with Crippen molar-refractivity contribution in [2.24, 2.45) is 0 Å². The lowest BCUT2D eigenvalue weighted by atomic mass is 9.90. The van der Waals surface area contributed by atoms with Crippen LogP contribution in [-0.2, 0) is 16.1 Å². The highest BCUT2D eigenvalue weighted by atomic mass is 19.1. The number of hydrogen-bond acceptors (Lipinski definition) is 7. The van der Waals surface area contributed by atoms with E-state index in [1.54, 1.807) is 11.0 Å². The Balaban J connectivity index is 1.38. The van der Waals surface area contributed by atoms with Gasteiger partial charge in [-0.2, -0.15) is 0 Å². The van der Waals surface area contributed by atoms with Crippen molar-refractivity contribution >= 4 is 17.2 Å². The van der Waals surface area contributed by atoms with Crippen molar-refractivity contribution in [2.75, 3.05) is 18.5 Å². The van der Waals surface area contributed by atoms with Crippen molar-refractivity contribution in [2.45, 2.75) is 62.3 Å². The van der Waals surface area contributed by atoms with Crippen molar-refractivity contribution in [3.8, 4) is 0 Å². The van der Waals surface area contributed by atoms with Crippen LogP contribution in [-0.4, -0.2) is 80.4 Å². The quantitative estimate of drug-likeness (QED) is 0.408. The van der Waals surface area contributed by atoms with Gasteiger partial charge in [0, 0.05) is 12.2 Å². The number of ether oxygens (including phenoxy) is 1. The number of carbonyl (C=O) groups excluding carboxylic acids is 1. The molecule has 5 N–H and O–H groups in total. The first kappa shape index (κ1) is 25.0. The molecule has 1 amide bonds. The van der Waals surface area contributed by atoms with E-state index in [2.05, 4.69) is 5.32 Å². The molecule has 2 unspecified atom stereocenters. The van der Waals surface area contributed by atoms with Crippen molar-refractivity contribution in [1.29, 1.82) is 0 Å². The number of likely N-dealkylation sites (tertiary alicyclic amines) is 1. The molecule has 9 heteroatoms. The number of fused-ring (bicyclic) bond motifs is 1. The monoisotopic (exact) mass is 498 g/mol. The van der Waals surface area contributed by atoms with Crippen LogP contribution in [0.25, 0.3) is 5.57 Å². The van der Waals surface area contributed by atoms with Gasteiger partial charge < -0.3 is 30.5 Å². The molecule has 192 valence electrons. The molecule has 0 aliphatic carbocycles. The molecule has 6 atom stereocenters. The first-order valence-corrected chi connectivity index (χ1v) is 12.1. The predicted octanol–water partition coefficient (Wildman–Crippen LogP) is 1.38. The van der Waals surface area contributed by atoms with Gasteiger partial charge in [-0.15, -0.1) is 0 Å². The Bertz CT molecular complexity index is 1170. The zero-order valence-electron chi connectivity index (χ0n) is 20.1. The highest BCUT2D eigenvalue weighted by Gasteiger charge is 2.47. The second-order valence-electron chi connectivity index (χ2n) is 10.2. The Kier molecular flexibility index (Phi) is 6.48. The van der Waals surface area contributed by atoms with Crippen LogP contribution >= 0.6 is 0 Å². The summed E-state index contributed by atoms with van der Waals surface area (Å²) in [5.41, 5.74) is 3.19. The van der Waals surface area contributed by atoms with Crippen LogP contribution in [0.5, 0.6) is 0 Å². The average molecular weight is 499 g/mol. The van der Waals surface area contributed by atoms with E-state index in [0.29, 0.717) is 17.8 Å². The fourth-order valence-electron chi connectivity index (χ4n) is 5.75. The molecule has 0 spiro atoms. The van der Waals surface area contributed by atoms with Gasteiger partial charge in [-0.25, -0.2) is 4.39 Å². The molecule has 3 heterocycles. The highest BCUT2D eigenvalue weighted by Crippen LogP contribution is 2.45. The lowest BCUT2D eigenvalue weighted by molar-refractivity contribution is -0.120. The maximum atomic E-state index is 13.9. The largest absolute Gasteiger partial charge is 0.395 e. The molecule has 2 aromatic rings. The molecule has 0 saturated carbocycles. The minimum Gasteiger partial charge on any atom is -0.395 e. The van der Waals surface area contributed by atoms with Gasteiger partial charge in [0.25, 0.3) is 0 Å². The molecular formula is C27H31FN2O6. The van der Waals surface area contributed by atoms with Gasteiger partial charge >= 0.3 is 0 Å². The third-order valence-electron chi connectivity index (χ3n) is 7.62. The minimum atomic E-state index is -1.14. The molecule has 1 fully saturated rings. The number of anilines is 1. The van der Waals surface area contributed by atoms with Crippen LogP contribution in [0.4, 0.5) is 10.1 Å². The van der Waals surface area contributed by atoms with E-state index in [9.17, 15) is 29.6 Å². The third kappa shape index (κ3) is 4.15. The Morgan fingerprint density at radius 3 is 2.28 bits per heavy atom. The summed E-state index contributed by atoms with van der Waals surface area (Å²) in [6, 6.07) is 10.6. The number of aliphatic hydroxyl groups is 4. The van der Waals surface area contributed by atoms with Crippen LogP contribution in [0, 0.1) is 5.82 Å². The third-order valence-corrected chi connectivity index (χ3v) is 7.62. The normalized spacial score (nSPS) is 31.4. The summed E-state index contributed by atoms with van der Waals surface area (Å²) in [6.45, 7) is 3.51. The summed E-state index contributed by atoms with van der Waals surface area (Å²) >= 11 is 0. The predicted molar refractivity (Wildman–Crippen MR) is 130 cm³/mol. The summed E-state index contributed by atoms with van der Waals surface area (Å²) < 4.78 is 20.2. The van der Waals surface area contributed by atoms with Crippen LogP contribution in [0.2, 0.25) is 0 Å². The molecular weight excluding hydrogens is 467 g/mol. The van der Waals surface area contributed by atoms with Gasteiger partial charge in [0.1, 0.15) is 5.82 Å². The van der Waals surface area contributed by atoms with Gasteiger partial charge in [-0.1, -0.05) is 24.3 Å². The van der Waals surface area contributed by atoms with Crippen molar-refractivity contribution < 1.29 is 34.3 Å². The number of aliphatic hydroxyl groups excluding tert-OH is 4. The van der Waals surface area contributed by atoms with Crippen LogP contribution in [0.3, 0.4) is 0 Å². The van der Waals surface area contributed by atoms with Gasteiger partial charge in [0.2, 0.25) is 5.91 Å².